The fraction of sp³-hybridized carbons (Fsp3) is 0.333. The molecule has 0 heterocycles. The van der Waals surface area contributed by atoms with Crippen molar-refractivity contribution in [1.82, 2.24) is 0 Å². The highest BCUT2D eigenvalue weighted by Crippen LogP contribution is 2.17. The van der Waals surface area contributed by atoms with Crippen molar-refractivity contribution in [3.8, 4) is 0 Å². The van der Waals surface area contributed by atoms with Gasteiger partial charge in [-0.3, -0.25) is 0 Å². The van der Waals surface area contributed by atoms with Crippen LogP contribution in [0.15, 0.2) is 35.2 Å². The van der Waals surface area contributed by atoms with Gasteiger partial charge in [0.25, 0.3) is 0 Å². The number of halogens is 1. The van der Waals surface area contributed by atoms with Gasteiger partial charge in [0.2, 0.25) is 0 Å². The highest BCUT2D eigenvalue weighted by atomic mass is 19.1. The second-order valence-electron chi connectivity index (χ2n) is 2.57. The van der Waals surface area contributed by atoms with Gasteiger partial charge in [0.1, 0.15) is 5.83 Å². The summed E-state index contributed by atoms with van der Waals surface area (Å²) in [5.74, 6) is -0.0203. The topological polar surface area (TPSA) is 0 Å². The van der Waals surface area contributed by atoms with Crippen LogP contribution in [0.3, 0.4) is 0 Å². The zero-order chi connectivity index (χ0) is 7.56. The molecule has 0 aromatic carbocycles. The maximum Gasteiger partial charge on any atom is 0.107 e. The lowest BCUT2D eigenvalue weighted by molar-refractivity contribution is 0.609. The predicted molar refractivity (Wildman–Crippen MR) is 41.3 cm³/mol. The van der Waals surface area contributed by atoms with Crippen LogP contribution in [0.1, 0.15) is 20.3 Å². The molecule has 0 N–H and O–H groups in total. The van der Waals surface area contributed by atoms with Gasteiger partial charge in [-0.1, -0.05) is 23.8 Å². The molecule has 0 radical (unpaired) electrons. The molecule has 0 saturated heterocycles. The summed E-state index contributed by atoms with van der Waals surface area (Å²) in [4.78, 5) is 0. The molecule has 0 aliphatic heterocycles. The van der Waals surface area contributed by atoms with Crippen LogP contribution in [-0.4, -0.2) is 0 Å². The van der Waals surface area contributed by atoms with E-state index in [1.54, 1.807) is 6.92 Å². The van der Waals surface area contributed by atoms with Gasteiger partial charge in [0, 0.05) is 6.42 Å². The normalized spacial score (nSPS) is 18.9. The first-order chi connectivity index (χ1) is 4.70. The first-order valence-corrected chi connectivity index (χ1v) is 3.40. The molecule has 1 aliphatic carbocycles. The summed E-state index contributed by atoms with van der Waals surface area (Å²) in [7, 11) is 0. The Balaban J connectivity index is 2.89. The average Bonchev–Trinajstić information content (AvgIpc) is 2.04. The third-order valence-electron chi connectivity index (χ3n) is 1.63. The van der Waals surface area contributed by atoms with Crippen molar-refractivity contribution in [2.24, 2.45) is 0 Å². The Morgan fingerprint density at radius 1 is 1.30 bits per heavy atom. The van der Waals surface area contributed by atoms with E-state index < -0.39 is 0 Å². The molecule has 10 heavy (non-hydrogen) atoms. The van der Waals surface area contributed by atoms with Crippen molar-refractivity contribution in [3.05, 3.63) is 35.2 Å². The van der Waals surface area contributed by atoms with Crippen LogP contribution in [0.4, 0.5) is 4.39 Å². The van der Waals surface area contributed by atoms with E-state index >= 15 is 0 Å². The zero-order valence-electron chi connectivity index (χ0n) is 6.32. The Labute approximate surface area is 60.7 Å². The lowest BCUT2D eigenvalue weighted by Gasteiger charge is -1.91. The summed E-state index contributed by atoms with van der Waals surface area (Å²) in [5.41, 5.74) is 1.88. The third kappa shape index (κ3) is 1.56. The Morgan fingerprint density at radius 3 is 2.70 bits per heavy atom. The second kappa shape index (κ2) is 2.82. The van der Waals surface area contributed by atoms with Gasteiger partial charge in [-0.05, 0) is 19.4 Å². The molecule has 0 unspecified atom stereocenters. The largest absolute Gasteiger partial charge is 0.211 e. The van der Waals surface area contributed by atoms with Gasteiger partial charge in [0.05, 0.1) is 0 Å². The zero-order valence-corrected chi connectivity index (χ0v) is 6.32. The summed E-state index contributed by atoms with van der Waals surface area (Å²) in [6.07, 6.45) is 6.09. The van der Waals surface area contributed by atoms with Gasteiger partial charge < -0.3 is 0 Å². The van der Waals surface area contributed by atoms with Crippen molar-refractivity contribution in [1.29, 1.82) is 0 Å². The molecule has 0 aromatic rings. The van der Waals surface area contributed by atoms with E-state index in [1.165, 1.54) is 0 Å². The van der Waals surface area contributed by atoms with E-state index in [1.807, 2.05) is 25.2 Å². The summed E-state index contributed by atoms with van der Waals surface area (Å²) < 4.78 is 12.8. The SMILES string of the molecule is CC1=CCC(F)=C(C)C=C1. The molecule has 0 nitrogen and oxygen atoms in total. The lowest BCUT2D eigenvalue weighted by atomic mass is 10.2. The van der Waals surface area contributed by atoms with Crippen molar-refractivity contribution in [3.63, 3.8) is 0 Å². The van der Waals surface area contributed by atoms with E-state index in [0.29, 0.717) is 6.42 Å². The van der Waals surface area contributed by atoms with Crippen LogP contribution in [0.2, 0.25) is 0 Å². The number of hydrogen-bond acceptors (Lipinski definition) is 0. The predicted octanol–water partition coefficient (Wildman–Crippen LogP) is 3.14. The maximum absolute atomic E-state index is 12.8. The first kappa shape index (κ1) is 7.26. The minimum absolute atomic E-state index is 0.0203. The van der Waals surface area contributed by atoms with Crippen LogP contribution < -0.4 is 0 Å². The molecule has 0 saturated carbocycles. The third-order valence-corrected chi connectivity index (χ3v) is 1.63. The minimum Gasteiger partial charge on any atom is -0.211 e. The van der Waals surface area contributed by atoms with Crippen LogP contribution in [0.25, 0.3) is 0 Å². The maximum atomic E-state index is 12.8. The molecule has 0 fully saturated rings. The molecular formula is C9H11F. The minimum atomic E-state index is -0.0203. The molecule has 0 bridgehead atoms. The number of hydrogen-bond donors (Lipinski definition) is 0. The van der Waals surface area contributed by atoms with Crippen LogP contribution in [0, 0.1) is 0 Å². The summed E-state index contributed by atoms with van der Waals surface area (Å²) in [5, 5.41) is 0. The van der Waals surface area contributed by atoms with Crippen LogP contribution >= 0.6 is 0 Å². The van der Waals surface area contributed by atoms with Crippen LogP contribution in [-0.2, 0) is 0 Å². The molecule has 0 spiro atoms. The fourth-order valence-electron chi connectivity index (χ4n) is 0.826. The van der Waals surface area contributed by atoms with E-state index in [0.717, 1.165) is 11.1 Å². The summed E-state index contributed by atoms with van der Waals surface area (Å²) >= 11 is 0. The van der Waals surface area contributed by atoms with Gasteiger partial charge in [0.15, 0.2) is 0 Å². The Bertz CT molecular complexity index is 219. The Kier molecular flexibility index (Phi) is 2.05. The molecule has 0 aromatic heterocycles. The lowest BCUT2D eigenvalue weighted by Crippen LogP contribution is -1.73. The van der Waals surface area contributed by atoms with Crippen molar-refractivity contribution in [2.45, 2.75) is 20.3 Å². The molecular weight excluding hydrogens is 127 g/mol. The Hall–Kier alpha value is -0.850. The quantitative estimate of drug-likeness (QED) is 0.482. The highest BCUT2D eigenvalue weighted by molar-refractivity contribution is 5.32. The molecule has 0 amide bonds. The number of allylic oxidation sites excluding steroid dienone is 6. The second-order valence-corrected chi connectivity index (χ2v) is 2.57. The summed E-state index contributed by atoms with van der Waals surface area (Å²) in [6, 6.07) is 0. The van der Waals surface area contributed by atoms with E-state index in [9.17, 15) is 4.39 Å². The van der Waals surface area contributed by atoms with E-state index in [-0.39, 0.29) is 5.83 Å². The smallest absolute Gasteiger partial charge is 0.107 e. The van der Waals surface area contributed by atoms with Gasteiger partial charge in [-0.15, -0.1) is 0 Å². The van der Waals surface area contributed by atoms with Crippen molar-refractivity contribution in [2.75, 3.05) is 0 Å². The first-order valence-electron chi connectivity index (χ1n) is 3.40. The van der Waals surface area contributed by atoms with Crippen molar-refractivity contribution < 1.29 is 4.39 Å². The highest BCUT2D eigenvalue weighted by Gasteiger charge is 1.99. The average molecular weight is 138 g/mol. The van der Waals surface area contributed by atoms with Gasteiger partial charge in [-0.2, -0.15) is 0 Å². The fourth-order valence-corrected chi connectivity index (χ4v) is 0.826. The molecule has 54 valence electrons. The standard InChI is InChI=1S/C9H11F/c1-7-3-5-8(2)9(10)6-4-7/h3-5H,6H2,1-2H3. The van der Waals surface area contributed by atoms with Crippen molar-refractivity contribution >= 4 is 0 Å². The van der Waals surface area contributed by atoms with E-state index in [4.69, 9.17) is 0 Å². The van der Waals surface area contributed by atoms with Crippen LogP contribution in [0.5, 0.6) is 0 Å². The summed E-state index contributed by atoms with van der Waals surface area (Å²) in [6.45, 7) is 3.76. The van der Waals surface area contributed by atoms with Gasteiger partial charge in [-0.25, -0.2) is 4.39 Å². The van der Waals surface area contributed by atoms with Gasteiger partial charge >= 0.3 is 0 Å². The molecule has 1 aliphatic rings. The van der Waals surface area contributed by atoms with E-state index in [2.05, 4.69) is 0 Å². The molecule has 1 heteroatoms. The monoisotopic (exact) mass is 138 g/mol. The molecule has 1 rings (SSSR count). The number of rotatable bonds is 0. The molecule has 0 atom stereocenters. The Morgan fingerprint density at radius 2 is 2.00 bits per heavy atom.